The van der Waals surface area contributed by atoms with Gasteiger partial charge in [0.25, 0.3) is 0 Å². The number of pyridine rings is 1. The Morgan fingerprint density at radius 3 is 2.63 bits per heavy atom. The lowest BCUT2D eigenvalue weighted by Crippen LogP contribution is -2.28. The molecule has 0 saturated carbocycles. The number of fused-ring (bicyclic) bond motifs is 1. The summed E-state index contributed by atoms with van der Waals surface area (Å²) in [6, 6.07) is 16.1. The summed E-state index contributed by atoms with van der Waals surface area (Å²) < 4.78 is 0. The summed E-state index contributed by atoms with van der Waals surface area (Å²) in [6.07, 6.45) is 3.60. The molecule has 0 aliphatic rings. The van der Waals surface area contributed by atoms with Gasteiger partial charge in [0.1, 0.15) is 0 Å². The number of hydrogen-bond acceptors (Lipinski definition) is 4. The van der Waals surface area contributed by atoms with Crippen LogP contribution in [0.5, 0.6) is 0 Å². The van der Waals surface area contributed by atoms with Gasteiger partial charge in [-0.25, -0.2) is 9.78 Å². The van der Waals surface area contributed by atoms with E-state index in [0.717, 1.165) is 39.0 Å². The molecule has 4 aromatic rings. The number of benzene rings is 2. The van der Waals surface area contributed by atoms with Crippen molar-refractivity contribution in [3.63, 3.8) is 0 Å². The number of nitrogens with one attached hydrogen (secondary N) is 3. The Morgan fingerprint density at radius 1 is 1.07 bits per heavy atom. The number of aromatic amines is 1. The van der Waals surface area contributed by atoms with Gasteiger partial charge >= 0.3 is 6.03 Å². The number of hydrogen-bond donors (Lipinski definition) is 3. The molecule has 4 rings (SSSR count). The molecular weight excluding hydrogens is 376 g/mol. The summed E-state index contributed by atoms with van der Waals surface area (Å²) in [6.45, 7) is 2.41. The average molecular weight is 400 g/mol. The fourth-order valence-electron chi connectivity index (χ4n) is 3.36. The van der Waals surface area contributed by atoms with Gasteiger partial charge in [-0.15, -0.1) is 0 Å². The molecule has 7 nitrogen and oxygen atoms in total. The first-order chi connectivity index (χ1) is 14.5. The molecule has 2 aromatic heterocycles. The Kier molecular flexibility index (Phi) is 5.34. The maximum absolute atomic E-state index is 12.0. The number of aromatic nitrogens is 3. The number of carbonyl (C=O) groups is 1. The van der Waals surface area contributed by atoms with E-state index in [1.807, 2.05) is 51.5 Å². The first-order valence-corrected chi connectivity index (χ1v) is 9.82. The van der Waals surface area contributed by atoms with Crippen molar-refractivity contribution in [3.05, 3.63) is 60.9 Å². The quantitative estimate of drug-likeness (QED) is 0.460. The van der Waals surface area contributed by atoms with E-state index in [1.165, 1.54) is 0 Å². The Labute approximate surface area is 175 Å². The van der Waals surface area contributed by atoms with Crippen LogP contribution in [0, 0.1) is 0 Å². The van der Waals surface area contributed by atoms with E-state index >= 15 is 0 Å². The normalized spacial score (nSPS) is 10.8. The summed E-state index contributed by atoms with van der Waals surface area (Å²) in [5.41, 5.74) is 6.80. The molecule has 0 unspecified atom stereocenters. The second-order valence-electron chi connectivity index (χ2n) is 7.18. The molecule has 0 bridgehead atoms. The standard InChI is InChI=1S/C23H24N6O/c1-4-25-23(30)28-22-26-20-13-17(16-8-6-10-24-14-16)12-19(21(20)27-22)15-7-5-9-18(11-15)29(2)3/h5-14H,4H2,1-3H3,(H3,25,26,27,28,30). The minimum atomic E-state index is -0.291. The molecule has 7 heteroatoms. The highest BCUT2D eigenvalue weighted by Crippen LogP contribution is 2.34. The summed E-state index contributed by atoms with van der Waals surface area (Å²) in [4.78, 5) is 26.2. The number of nitrogens with zero attached hydrogens (tertiary/aromatic N) is 3. The van der Waals surface area contributed by atoms with Gasteiger partial charge in [0, 0.05) is 49.8 Å². The molecule has 2 aromatic carbocycles. The van der Waals surface area contributed by atoms with Gasteiger partial charge in [-0.05, 0) is 48.4 Å². The first kappa shape index (κ1) is 19.4. The van der Waals surface area contributed by atoms with Crippen molar-refractivity contribution in [2.24, 2.45) is 0 Å². The topological polar surface area (TPSA) is 85.9 Å². The molecule has 2 heterocycles. The zero-order chi connectivity index (χ0) is 21.1. The smallest absolute Gasteiger partial charge is 0.321 e. The fraction of sp³-hybridized carbons (Fsp3) is 0.174. The van der Waals surface area contributed by atoms with Crippen molar-refractivity contribution in [3.8, 4) is 22.3 Å². The van der Waals surface area contributed by atoms with Crippen LogP contribution in [0.25, 0.3) is 33.3 Å². The lowest BCUT2D eigenvalue weighted by molar-refractivity contribution is 0.252. The highest BCUT2D eigenvalue weighted by atomic mass is 16.2. The minimum absolute atomic E-state index is 0.291. The highest BCUT2D eigenvalue weighted by Gasteiger charge is 2.14. The lowest BCUT2D eigenvalue weighted by atomic mass is 9.98. The van der Waals surface area contributed by atoms with Crippen molar-refractivity contribution in [2.45, 2.75) is 6.92 Å². The Morgan fingerprint density at radius 2 is 1.90 bits per heavy atom. The summed E-state index contributed by atoms with van der Waals surface area (Å²) in [5, 5.41) is 5.48. The van der Waals surface area contributed by atoms with Crippen LogP contribution in [0.3, 0.4) is 0 Å². The third kappa shape index (κ3) is 3.96. The number of amides is 2. The summed E-state index contributed by atoms with van der Waals surface area (Å²) in [7, 11) is 4.04. The second kappa shape index (κ2) is 8.24. The van der Waals surface area contributed by atoms with Gasteiger partial charge in [-0.3, -0.25) is 10.3 Å². The van der Waals surface area contributed by atoms with Crippen molar-refractivity contribution in [1.29, 1.82) is 0 Å². The highest BCUT2D eigenvalue weighted by molar-refractivity contribution is 5.99. The average Bonchev–Trinajstić information content (AvgIpc) is 3.16. The summed E-state index contributed by atoms with van der Waals surface area (Å²) in [5.74, 6) is 0.407. The Hall–Kier alpha value is -3.87. The number of urea groups is 1. The van der Waals surface area contributed by atoms with Crippen LogP contribution >= 0.6 is 0 Å². The molecule has 0 atom stereocenters. The molecule has 30 heavy (non-hydrogen) atoms. The zero-order valence-electron chi connectivity index (χ0n) is 17.2. The van der Waals surface area contributed by atoms with E-state index in [4.69, 9.17) is 0 Å². The zero-order valence-corrected chi connectivity index (χ0v) is 17.2. The van der Waals surface area contributed by atoms with Gasteiger partial charge in [-0.1, -0.05) is 18.2 Å². The van der Waals surface area contributed by atoms with Gasteiger partial charge in [-0.2, -0.15) is 0 Å². The van der Waals surface area contributed by atoms with E-state index in [1.54, 1.807) is 6.20 Å². The van der Waals surface area contributed by atoms with Crippen LogP contribution in [0.2, 0.25) is 0 Å². The fourth-order valence-corrected chi connectivity index (χ4v) is 3.36. The molecule has 152 valence electrons. The van der Waals surface area contributed by atoms with Crippen LogP contribution in [0.1, 0.15) is 6.92 Å². The Balaban J connectivity index is 1.88. The predicted octanol–water partition coefficient (Wildman–Crippen LogP) is 4.50. The molecule has 0 radical (unpaired) electrons. The van der Waals surface area contributed by atoms with E-state index in [0.29, 0.717) is 12.5 Å². The van der Waals surface area contributed by atoms with Crippen molar-refractivity contribution in [2.75, 3.05) is 30.9 Å². The first-order valence-electron chi connectivity index (χ1n) is 9.82. The van der Waals surface area contributed by atoms with E-state index in [2.05, 4.69) is 54.8 Å². The summed E-state index contributed by atoms with van der Waals surface area (Å²) >= 11 is 0. The molecule has 0 aliphatic carbocycles. The Bertz CT molecular complexity index is 1180. The van der Waals surface area contributed by atoms with Crippen LogP contribution in [-0.4, -0.2) is 41.6 Å². The van der Waals surface area contributed by atoms with Crippen LogP contribution in [0.15, 0.2) is 60.9 Å². The molecule has 0 spiro atoms. The van der Waals surface area contributed by atoms with Crippen molar-refractivity contribution in [1.82, 2.24) is 20.3 Å². The van der Waals surface area contributed by atoms with Gasteiger partial charge in [0.05, 0.1) is 11.0 Å². The van der Waals surface area contributed by atoms with E-state index in [-0.39, 0.29) is 6.03 Å². The number of rotatable bonds is 5. The van der Waals surface area contributed by atoms with Crippen molar-refractivity contribution < 1.29 is 4.79 Å². The predicted molar refractivity (Wildman–Crippen MR) is 122 cm³/mol. The van der Waals surface area contributed by atoms with Gasteiger partial charge < -0.3 is 15.2 Å². The second-order valence-corrected chi connectivity index (χ2v) is 7.18. The largest absolute Gasteiger partial charge is 0.378 e. The molecule has 0 fully saturated rings. The molecule has 3 N–H and O–H groups in total. The van der Waals surface area contributed by atoms with Crippen LogP contribution in [0.4, 0.5) is 16.4 Å². The number of anilines is 2. The lowest BCUT2D eigenvalue weighted by Gasteiger charge is -2.14. The number of H-pyrrole nitrogens is 1. The maximum atomic E-state index is 12.0. The third-order valence-electron chi connectivity index (χ3n) is 4.82. The molecular formula is C23H24N6O. The van der Waals surface area contributed by atoms with E-state index in [9.17, 15) is 4.79 Å². The number of imidazole rings is 1. The SMILES string of the molecule is CCNC(=O)Nc1nc2c(-c3cccc(N(C)C)c3)cc(-c3cccnc3)cc2[nH]1. The molecule has 0 saturated heterocycles. The molecule has 2 amide bonds. The van der Waals surface area contributed by atoms with Crippen LogP contribution in [-0.2, 0) is 0 Å². The van der Waals surface area contributed by atoms with Gasteiger partial charge in [0.15, 0.2) is 0 Å². The number of carbonyl (C=O) groups excluding carboxylic acids is 1. The van der Waals surface area contributed by atoms with E-state index < -0.39 is 0 Å². The van der Waals surface area contributed by atoms with Gasteiger partial charge in [0.2, 0.25) is 5.95 Å². The van der Waals surface area contributed by atoms with Crippen molar-refractivity contribution >= 4 is 28.7 Å². The minimum Gasteiger partial charge on any atom is -0.378 e. The maximum Gasteiger partial charge on any atom is 0.321 e. The third-order valence-corrected chi connectivity index (χ3v) is 4.82. The monoisotopic (exact) mass is 400 g/mol. The van der Waals surface area contributed by atoms with Crippen LogP contribution < -0.4 is 15.5 Å². The molecule has 0 aliphatic heterocycles.